The molecule has 11 heavy (non-hydrogen) atoms. The van der Waals surface area contributed by atoms with E-state index in [1.54, 1.807) is 0 Å². The fourth-order valence-corrected chi connectivity index (χ4v) is 1.78. The molecule has 0 saturated heterocycles. The van der Waals surface area contributed by atoms with Gasteiger partial charge in [0.2, 0.25) is 0 Å². The molecule has 0 aliphatic heterocycles. The first kappa shape index (κ1) is 9.00. The van der Waals surface area contributed by atoms with Crippen LogP contribution in [-0.4, -0.2) is 0 Å². The third kappa shape index (κ3) is 2.17. The molecule has 2 N–H and O–H groups in total. The molecule has 0 unspecified atom stereocenters. The van der Waals surface area contributed by atoms with Gasteiger partial charge in [0.15, 0.2) is 0 Å². The highest BCUT2D eigenvalue weighted by Gasteiger charge is 2.05. The number of nitrogens with two attached hydrogens (primary N) is 1. The Kier molecular flexibility index (Phi) is 3.33. The van der Waals surface area contributed by atoms with E-state index < -0.39 is 0 Å². The van der Waals surface area contributed by atoms with Crippen LogP contribution < -0.4 is 5.73 Å². The number of benzene rings is 1. The Hall–Kier alpha value is -0.0900. The standard InChI is InChI=1S/C9H12IN/c1-2-9(11)7-5-3-4-6-8(7)10/h3-6,9H,2,11H2,1H3/t9-/m0/s1. The van der Waals surface area contributed by atoms with Crippen molar-refractivity contribution in [3.63, 3.8) is 0 Å². The molecule has 0 aliphatic carbocycles. The average Bonchev–Trinajstić information content (AvgIpc) is 2.04. The smallest absolute Gasteiger partial charge is 0.0302 e. The van der Waals surface area contributed by atoms with E-state index in [2.05, 4.69) is 41.6 Å². The van der Waals surface area contributed by atoms with Gasteiger partial charge in [-0.3, -0.25) is 0 Å². The first-order chi connectivity index (χ1) is 5.25. The molecule has 0 fully saturated rings. The van der Waals surface area contributed by atoms with Crippen LogP contribution in [0.2, 0.25) is 0 Å². The normalized spacial score (nSPS) is 13.0. The SMILES string of the molecule is CC[C@H](N)c1ccccc1I. The van der Waals surface area contributed by atoms with Gasteiger partial charge >= 0.3 is 0 Å². The Labute approximate surface area is 81.1 Å². The fraction of sp³-hybridized carbons (Fsp3) is 0.333. The molecule has 0 radical (unpaired) electrons. The maximum absolute atomic E-state index is 5.89. The summed E-state index contributed by atoms with van der Waals surface area (Å²) in [5.74, 6) is 0. The van der Waals surface area contributed by atoms with E-state index in [9.17, 15) is 0 Å². The molecular weight excluding hydrogens is 249 g/mol. The van der Waals surface area contributed by atoms with Crippen molar-refractivity contribution < 1.29 is 0 Å². The average molecular weight is 261 g/mol. The van der Waals surface area contributed by atoms with Crippen LogP contribution in [-0.2, 0) is 0 Å². The highest BCUT2D eigenvalue weighted by molar-refractivity contribution is 14.1. The van der Waals surface area contributed by atoms with E-state index >= 15 is 0 Å². The van der Waals surface area contributed by atoms with Crippen molar-refractivity contribution in [1.29, 1.82) is 0 Å². The van der Waals surface area contributed by atoms with E-state index in [1.165, 1.54) is 9.13 Å². The lowest BCUT2D eigenvalue weighted by Crippen LogP contribution is -2.09. The first-order valence-electron chi connectivity index (χ1n) is 3.75. The summed E-state index contributed by atoms with van der Waals surface area (Å²) in [5, 5.41) is 0. The zero-order valence-electron chi connectivity index (χ0n) is 6.55. The summed E-state index contributed by atoms with van der Waals surface area (Å²) in [7, 11) is 0. The summed E-state index contributed by atoms with van der Waals surface area (Å²) < 4.78 is 1.26. The molecule has 0 amide bonds. The Bertz CT molecular complexity index is 235. The fourth-order valence-electron chi connectivity index (χ4n) is 0.996. The Morgan fingerprint density at radius 2 is 2.09 bits per heavy atom. The van der Waals surface area contributed by atoms with Crippen molar-refractivity contribution in [2.24, 2.45) is 5.73 Å². The maximum Gasteiger partial charge on any atom is 0.0302 e. The third-order valence-electron chi connectivity index (χ3n) is 1.74. The summed E-state index contributed by atoms with van der Waals surface area (Å²) in [6, 6.07) is 8.45. The summed E-state index contributed by atoms with van der Waals surface area (Å²) >= 11 is 2.32. The molecule has 0 heterocycles. The monoisotopic (exact) mass is 261 g/mol. The van der Waals surface area contributed by atoms with Gasteiger partial charge in [-0.05, 0) is 40.6 Å². The molecule has 1 aromatic rings. The largest absolute Gasteiger partial charge is 0.324 e. The summed E-state index contributed by atoms with van der Waals surface area (Å²) in [6.07, 6.45) is 1.00. The lowest BCUT2D eigenvalue weighted by atomic mass is 10.1. The third-order valence-corrected chi connectivity index (χ3v) is 2.73. The lowest BCUT2D eigenvalue weighted by Gasteiger charge is -2.10. The van der Waals surface area contributed by atoms with E-state index in [1.807, 2.05) is 12.1 Å². The topological polar surface area (TPSA) is 26.0 Å². The molecule has 0 saturated carbocycles. The van der Waals surface area contributed by atoms with E-state index in [4.69, 9.17) is 5.73 Å². The summed E-state index contributed by atoms with van der Waals surface area (Å²) in [6.45, 7) is 2.10. The molecule has 60 valence electrons. The second kappa shape index (κ2) is 4.07. The zero-order valence-corrected chi connectivity index (χ0v) is 8.71. The van der Waals surface area contributed by atoms with Crippen molar-refractivity contribution in [2.45, 2.75) is 19.4 Å². The summed E-state index contributed by atoms with van der Waals surface area (Å²) in [5.41, 5.74) is 7.15. The second-order valence-corrected chi connectivity index (χ2v) is 3.70. The Morgan fingerprint density at radius 3 is 2.64 bits per heavy atom. The number of hydrogen-bond acceptors (Lipinski definition) is 1. The number of hydrogen-bond donors (Lipinski definition) is 1. The predicted octanol–water partition coefficient (Wildman–Crippen LogP) is 2.70. The van der Waals surface area contributed by atoms with Gasteiger partial charge in [0.25, 0.3) is 0 Å². The van der Waals surface area contributed by atoms with Crippen molar-refractivity contribution in [3.8, 4) is 0 Å². The van der Waals surface area contributed by atoms with Gasteiger partial charge in [-0.2, -0.15) is 0 Å². The van der Waals surface area contributed by atoms with Gasteiger partial charge in [0.05, 0.1) is 0 Å². The molecule has 0 aliphatic rings. The van der Waals surface area contributed by atoms with Crippen LogP contribution in [0, 0.1) is 3.57 Å². The van der Waals surface area contributed by atoms with E-state index in [0.29, 0.717) is 0 Å². The van der Waals surface area contributed by atoms with Gasteiger partial charge in [0, 0.05) is 9.61 Å². The van der Waals surface area contributed by atoms with Gasteiger partial charge < -0.3 is 5.73 Å². The van der Waals surface area contributed by atoms with E-state index in [0.717, 1.165) is 6.42 Å². The molecule has 0 spiro atoms. The van der Waals surface area contributed by atoms with Crippen LogP contribution in [0.4, 0.5) is 0 Å². The van der Waals surface area contributed by atoms with Crippen LogP contribution >= 0.6 is 22.6 Å². The second-order valence-electron chi connectivity index (χ2n) is 2.54. The van der Waals surface area contributed by atoms with Crippen LogP contribution in [0.25, 0.3) is 0 Å². The molecule has 2 heteroatoms. The number of halogens is 1. The van der Waals surface area contributed by atoms with Crippen LogP contribution in [0.5, 0.6) is 0 Å². The van der Waals surface area contributed by atoms with Crippen LogP contribution in [0.1, 0.15) is 24.9 Å². The lowest BCUT2D eigenvalue weighted by molar-refractivity contribution is 0.695. The van der Waals surface area contributed by atoms with Gasteiger partial charge in [-0.1, -0.05) is 25.1 Å². The molecular formula is C9H12IN. The van der Waals surface area contributed by atoms with Crippen molar-refractivity contribution in [1.82, 2.24) is 0 Å². The van der Waals surface area contributed by atoms with Crippen molar-refractivity contribution in [2.75, 3.05) is 0 Å². The molecule has 0 bridgehead atoms. The molecule has 1 atom stereocenters. The summed E-state index contributed by atoms with van der Waals surface area (Å²) in [4.78, 5) is 0. The predicted molar refractivity (Wildman–Crippen MR) is 56.4 cm³/mol. The zero-order chi connectivity index (χ0) is 8.27. The molecule has 0 aromatic heterocycles. The van der Waals surface area contributed by atoms with Crippen molar-refractivity contribution >= 4 is 22.6 Å². The minimum Gasteiger partial charge on any atom is -0.324 e. The van der Waals surface area contributed by atoms with Crippen molar-refractivity contribution in [3.05, 3.63) is 33.4 Å². The molecule has 1 rings (SSSR count). The van der Waals surface area contributed by atoms with E-state index in [-0.39, 0.29) is 6.04 Å². The quantitative estimate of drug-likeness (QED) is 0.814. The van der Waals surface area contributed by atoms with Gasteiger partial charge in [-0.15, -0.1) is 0 Å². The highest BCUT2D eigenvalue weighted by atomic mass is 127. The molecule has 1 aromatic carbocycles. The van der Waals surface area contributed by atoms with Gasteiger partial charge in [-0.25, -0.2) is 0 Å². The number of rotatable bonds is 2. The maximum atomic E-state index is 5.89. The highest BCUT2D eigenvalue weighted by Crippen LogP contribution is 2.19. The minimum absolute atomic E-state index is 0.197. The van der Waals surface area contributed by atoms with Gasteiger partial charge in [0.1, 0.15) is 0 Å². The minimum atomic E-state index is 0.197. The Morgan fingerprint density at radius 1 is 1.45 bits per heavy atom. The van der Waals surface area contributed by atoms with Crippen LogP contribution in [0.3, 0.4) is 0 Å². The first-order valence-corrected chi connectivity index (χ1v) is 4.83. The Balaban J connectivity index is 2.93. The molecule has 1 nitrogen and oxygen atoms in total. The van der Waals surface area contributed by atoms with Crippen LogP contribution in [0.15, 0.2) is 24.3 Å².